The van der Waals surface area contributed by atoms with Crippen LogP contribution in [-0.4, -0.2) is 25.5 Å². The molecule has 3 rings (SSSR count). The van der Waals surface area contributed by atoms with Gasteiger partial charge in [-0.15, -0.1) is 0 Å². The van der Waals surface area contributed by atoms with Crippen molar-refractivity contribution in [3.8, 4) is 0 Å². The Morgan fingerprint density at radius 3 is 1.94 bits per heavy atom. The minimum atomic E-state index is -4.83. The van der Waals surface area contributed by atoms with Crippen molar-refractivity contribution in [3.63, 3.8) is 0 Å². The van der Waals surface area contributed by atoms with E-state index in [0.717, 1.165) is 51.4 Å². The maximum absolute atomic E-state index is 15.8. The third-order valence-electron chi connectivity index (χ3n) is 6.30. The molecule has 4 N–H and O–H groups in total. The van der Waals surface area contributed by atoms with Crippen molar-refractivity contribution in [2.45, 2.75) is 91.4 Å². The number of hydrogen-bond donors (Lipinski definition) is 3. The lowest BCUT2D eigenvalue weighted by atomic mass is 9.97. The normalized spacial score (nSPS) is 16.7. The lowest BCUT2D eigenvalue weighted by Gasteiger charge is -2.24. The summed E-state index contributed by atoms with van der Waals surface area (Å²) in [5.41, 5.74) is -0.949. The first-order chi connectivity index (χ1) is 17.1. The van der Waals surface area contributed by atoms with E-state index in [9.17, 15) is 18.3 Å². The number of aromatic carboxylic acids is 1. The predicted octanol–water partition coefficient (Wildman–Crippen LogP) is 6.69. The summed E-state index contributed by atoms with van der Waals surface area (Å²) in [5.74, 6) is -6.20. The van der Waals surface area contributed by atoms with Gasteiger partial charge < -0.3 is 10.4 Å². The Bertz CT molecular complexity index is 1180. The molecule has 2 aromatic rings. The zero-order valence-electron chi connectivity index (χ0n) is 19.9. The first kappa shape index (κ1) is 28.3. The highest BCUT2D eigenvalue weighted by Gasteiger charge is 2.33. The van der Waals surface area contributed by atoms with E-state index in [4.69, 9.17) is 5.14 Å². The van der Waals surface area contributed by atoms with Gasteiger partial charge in [0.25, 0.3) is 0 Å². The Labute approximate surface area is 213 Å². The molecule has 2 aromatic carbocycles. The zero-order chi connectivity index (χ0) is 26.3. The van der Waals surface area contributed by atoms with E-state index in [1.54, 1.807) is 0 Å². The van der Waals surface area contributed by atoms with Crippen LogP contribution in [0.25, 0.3) is 0 Å². The summed E-state index contributed by atoms with van der Waals surface area (Å²) in [6.45, 7) is 0. The molecule has 0 saturated heterocycles. The molecule has 0 unspecified atom stereocenters. The van der Waals surface area contributed by atoms with Crippen LogP contribution in [0.1, 0.15) is 81.0 Å². The van der Waals surface area contributed by atoms with E-state index < -0.39 is 48.9 Å². The Morgan fingerprint density at radius 1 is 0.889 bits per heavy atom. The minimum Gasteiger partial charge on any atom is -0.478 e. The second-order valence-electron chi connectivity index (χ2n) is 9.02. The van der Waals surface area contributed by atoms with Gasteiger partial charge in [0.2, 0.25) is 10.0 Å². The molecule has 1 fully saturated rings. The standard InChI is InChI=1S/C25H31F3N2O4S2/c26-19-20(27)24(36(29,33)34)22(30-16-12-8-6-4-2-1-3-5-7-9-13-16)21(28)23(19)35-18-15-11-10-14-17(18)25(31)32/h10-11,14-16,30H,1-9,12-13H2,(H,31,32)(H2,29,33,34). The third-order valence-corrected chi connectivity index (χ3v) is 8.40. The molecule has 1 aliphatic carbocycles. The second-order valence-corrected chi connectivity index (χ2v) is 11.6. The predicted molar refractivity (Wildman–Crippen MR) is 133 cm³/mol. The molecule has 0 spiro atoms. The SMILES string of the molecule is NS(=O)(=O)c1c(F)c(F)c(Sc2ccccc2C(=O)O)c(F)c1NC1CCCCCCCCCCC1. The zero-order valence-corrected chi connectivity index (χ0v) is 21.5. The minimum absolute atomic E-state index is 0.0255. The number of primary sulfonamides is 1. The van der Waals surface area contributed by atoms with Crippen LogP contribution in [0.2, 0.25) is 0 Å². The number of sulfonamides is 1. The van der Waals surface area contributed by atoms with E-state index in [-0.39, 0.29) is 16.5 Å². The van der Waals surface area contributed by atoms with Crippen LogP contribution in [0.15, 0.2) is 39.0 Å². The summed E-state index contributed by atoms with van der Waals surface area (Å²) in [7, 11) is -4.83. The second kappa shape index (κ2) is 12.8. The highest BCUT2D eigenvalue weighted by molar-refractivity contribution is 7.99. The molecule has 0 aromatic heterocycles. The molecule has 0 aliphatic heterocycles. The molecular formula is C25H31F3N2O4S2. The molecule has 36 heavy (non-hydrogen) atoms. The number of nitrogens with one attached hydrogen (secondary N) is 1. The summed E-state index contributed by atoms with van der Waals surface area (Å²) >= 11 is 0.378. The van der Waals surface area contributed by atoms with E-state index in [1.807, 2.05) is 0 Å². The maximum Gasteiger partial charge on any atom is 0.336 e. The van der Waals surface area contributed by atoms with E-state index in [0.29, 0.717) is 24.6 Å². The molecule has 0 atom stereocenters. The molecule has 0 radical (unpaired) electrons. The Kier molecular flexibility index (Phi) is 10.1. The van der Waals surface area contributed by atoms with Crippen LogP contribution in [-0.2, 0) is 10.0 Å². The fourth-order valence-corrected chi connectivity index (χ4v) is 6.23. The van der Waals surface area contributed by atoms with Crippen LogP contribution in [0.5, 0.6) is 0 Å². The summed E-state index contributed by atoms with van der Waals surface area (Å²) in [6, 6.07) is 5.14. The van der Waals surface area contributed by atoms with Gasteiger partial charge in [0, 0.05) is 10.9 Å². The molecule has 0 amide bonds. The lowest BCUT2D eigenvalue weighted by molar-refractivity contribution is 0.0693. The average molecular weight is 545 g/mol. The van der Waals surface area contributed by atoms with E-state index in [1.165, 1.54) is 30.7 Å². The van der Waals surface area contributed by atoms with E-state index >= 15 is 13.2 Å². The number of carboxylic acid groups (broad SMARTS) is 1. The lowest BCUT2D eigenvalue weighted by Crippen LogP contribution is -2.25. The molecule has 0 bridgehead atoms. The monoisotopic (exact) mass is 544 g/mol. The van der Waals surface area contributed by atoms with Crippen molar-refractivity contribution in [2.24, 2.45) is 5.14 Å². The summed E-state index contributed by atoms with van der Waals surface area (Å²) in [4.78, 5) is 9.41. The van der Waals surface area contributed by atoms with Crippen LogP contribution < -0.4 is 10.5 Å². The smallest absolute Gasteiger partial charge is 0.336 e. The first-order valence-electron chi connectivity index (χ1n) is 12.1. The molecule has 1 aliphatic rings. The fraction of sp³-hybridized carbons (Fsp3) is 0.480. The highest BCUT2D eigenvalue weighted by Crippen LogP contribution is 2.41. The third kappa shape index (κ3) is 7.17. The Hall–Kier alpha value is -2.24. The van der Waals surface area contributed by atoms with Crippen molar-refractivity contribution >= 4 is 33.4 Å². The van der Waals surface area contributed by atoms with Crippen molar-refractivity contribution in [1.29, 1.82) is 0 Å². The summed E-state index contributed by atoms with van der Waals surface area (Å²) in [5, 5.41) is 17.4. The highest BCUT2D eigenvalue weighted by atomic mass is 32.2. The fourth-order valence-electron chi connectivity index (χ4n) is 4.46. The maximum atomic E-state index is 15.8. The molecule has 11 heteroatoms. The number of carboxylic acids is 1. The van der Waals surface area contributed by atoms with Gasteiger partial charge in [-0.05, 0) is 25.0 Å². The van der Waals surface area contributed by atoms with Crippen LogP contribution >= 0.6 is 11.8 Å². The van der Waals surface area contributed by atoms with Gasteiger partial charge in [0.15, 0.2) is 17.5 Å². The van der Waals surface area contributed by atoms with Gasteiger partial charge in [0.05, 0.1) is 16.1 Å². The van der Waals surface area contributed by atoms with Crippen LogP contribution in [0.4, 0.5) is 18.9 Å². The number of hydrogen-bond acceptors (Lipinski definition) is 5. The molecular weight excluding hydrogens is 513 g/mol. The topological polar surface area (TPSA) is 109 Å². The van der Waals surface area contributed by atoms with E-state index in [2.05, 4.69) is 5.32 Å². The van der Waals surface area contributed by atoms with Gasteiger partial charge in [-0.2, -0.15) is 0 Å². The van der Waals surface area contributed by atoms with Gasteiger partial charge in [-0.25, -0.2) is 31.5 Å². The largest absolute Gasteiger partial charge is 0.478 e. The van der Waals surface area contributed by atoms with Crippen molar-refractivity contribution < 1.29 is 31.5 Å². The van der Waals surface area contributed by atoms with Gasteiger partial charge in [0.1, 0.15) is 4.90 Å². The number of rotatable bonds is 6. The van der Waals surface area contributed by atoms with Crippen molar-refractivity contribution in [1.82, 2.24) is 0 Å². The molecule has 6 nitrogen and oxygen atoms in total. The Morgan fingerprint density at radius 2 is 1.42 bits per heavy atom. The number of halogens is 3. The van der Waals surface area contributed by atoms with Crippen LogP contribution in [0.3, 0.4) is 0 Å². The first-order valence-corrected chi connectivity index (χ1v) is 14.5. The Balaban J connectivity index is 2.04. The number of benzene rings is 2. The number of nitrogens with two attached hydrogens (primary N) is 1. The van der Waals surface area contributed by atoms with Gasteiger partial charge in [-0.3, -0.25) is 0 Å². The van der Waals surface area contributed by atoms with Crippen molar-refractivity contribution in [3.05, 3.63) is 47.3 Å². The summed E-state index contributed by atoms with van der Waals surface area (Å²) in [6.07, 6.45) is 10.4. The number of carbonyl (C=O) groups is 1. The number of anilines is 1. The molecule has 0 heterocycles. The molecule has 198 valence electrons. The molecule has 1 saturated carbocycles. The quantitative estimate of drug-likeness (QED) is 0.350. The van der Waals surface area contributed by atoms with Crippen LogP contribution in [0, 0.1) is 17.5 Å². The van der Waals surface area contributed by atoms with Gasteiger partial charge >= 0.3 is 5.97 Å². The van der Waals surface area contributed by atoms with Gasteiger partial charge in [-0.1, -0.05) is 81.7 Å². The average Bonchev–Trinajstić information content (AvgIpc) is 2.81. The van der Waals surface area contributed by atoms with Crippen molar-refractivity contribution in [2.75, 3.05) is 5.32 Å². The summed E-state index contributed by atoms with van der Waals surface area (Å²) < 4.78 is 70.3.